The van der Waals surface area contributed by atoms with Crippen LogP contribution in [0.2, 0.25) is 10.0 Å². The van der Waals surface area contributed by atoms with Crippen molar-refractivity contribution in [2.75, 3.05) is 0 Å². The Labute approximate surface area is 200 Å². The Morgan fingerprint density at radius 3 is 2.29 bits per heavy atom. The van der Waals surface area contributed by atoms with E-state index in [4.69, 9.17) is 23.2 Å². The lowest BCUT2D eigenvalue weighted by Crippen LogP contribution is -2.55. The zero-order valence-electron chi connectivity index (χ0n) is 17.1. The Balaban J connectivity index is 2.26. The number of nitrogens with one attached hydrogen (secondary N) is 2. The Hall–Kier alpha value is -1.58. The molecule has 2 atom stereocenters. The third-order valence-corrected chi connectivity index (χ3v) is 6.08. The molecule has 10 heteroatoms. The van der Waals surface area contributed by atoms with Gasteiger partial charge in [-0.2, -0.15) is 0 Å². The first kappa shape index (κ1) is 25.7. The van der Waals surface area contributed by atoms with Crippen LogP contribution in [0.15, 0.2) is 46.9 Å². The number of carbonyl (C=O) groups excluding carboxylic acids is 2. The number of benzene rings is 2. The van der Waals surface area contributed by atoms with E-state index in [0.29, 0.717) is 15.9 Å². The molecule has 2 aromatic rings. The van der Waals surface area contributed by atoms with E-state index in [1.807, 2.05) is 44.2 Å². The molecule has 2 aromatic carbocycles. The minimum Gasteiger partial charge on any atom is -0.426 e. The van der Waals surface area contributed by atoms with Crippen LogP contribution in [0.3, 0.4) is 0 Å². The summed E-state index contributed by atoms with van der Waals surface area (Å²) in [6.45, 7) is 3.82. The van der Waals surface area contributed by atoms with Gasteiger partial charge in [0.2, 0.25) is 5.91 Å². The summed E-state index contributed by atoms with van der Waals surface area (Å²) in [6, 6.07) is 11.1. The number of carbonyl (C=O) groups is 2. The SMILES string of the molecule is CC(C)C[C@H](NC(=O)[C@H](Cc1ccccc1)NC(=O)c1cc(Br)c(Cl)cc1Cl)B(O)O. The molecule has 31 heavy (non-hydrogen) atoms. The molecule has 166 valence electrons. The second-order valence-electron chi connectivity index (χ2n) is 7.62. The number of hydrogen-bond acceptors (Lipinski definition) is 4. The van der Waals surface area contributed by atoms with Crippen LogP contribution >= 0.6 is 39.1 Å². The molecule has 2 rings (SSSR count). The molecule has 0 aromatic heterocycles. The summed E-state index contributed by atoms with van der Waals surface area (Å²) in [5, 5.41) is 25.2. The van der Waals surface area contributed by atoms with Crippen molar-refractivity contribution in [1.29, 1.82) is 0 Å². The van der Waals surface area contributed by atoms with Crippen molar-refractivity contribution in [3.63, 3.8) is 0 Å². The highest BCUT2D eigenvalue weighted by Gasteiger charge is 2.30. The summed E-state index contributed by atoms with van der Waals surface area (Å²) >= 11 is 15.4. The molecule has 0 bridgehead atoms. The molecule has 4 N–H and O–H groups in total. The fraction of sp³-hybridized carbons (Fsp3) is 0.333. The van der Waals surface area contributed by atoms with Crippen molar-refractivity contribution in [2.45, 2.75) is 38.7 Å². The lowest BCUT2D eigenvalue weighted by molar-refractivity contribution is -0.123. The number of amides is 2. The van der Waals surface area contributed by atoms with Crippen LogP contribution in [-0.2, 0) is 11.2 Å². The molecule has 6 nitrogen and oxygen atoms in total. The Bertz CT molecular complexity index is 916. The molecule has 0 fully saturated rings. The van der Waals surface area contributed by atoms with Gasteiger partial charge in [0.25, 0.3) is 5.91 Å². The minimum atomic E-state index is -1.72. The molecule has 2 amide bonds. The van der Waals surface area contributed by atoms with Crippen LogP contribution in [-0.4, -0.2) is 41.0 Å². The highest BCUT2D eigenvalue weighted by atomic mass is 79.9. The summed E-state index contributed by atoms with van der Waals surface area (Å²) in [7, 11) is -1.72. The van der Waals surface area contributed by atoms with Crippen LogP contribution in [0.4, 0.5) is 0 Å². The third-order valence-electron chi connectivity index (χ3n) is 4.57. The van der Waals surface area contributed by atoms with E-state index in [2.05, 4.69) is 26.6 Å². The molecular formula is C21H24BBrCl2N2O4. The van der Waals surface area contributed by atoms with Gasteiger partial charge in [-0.25, -0.2) is 0 Å². The van der Waals surface area contributed by atoms with Crippen molar-refractivity contribution in [3.8, 4) is 0 Å². The lowest BCUT2D eigenvalue weighted by Gasteiger charge is -2.24. The summed E-state index contributed by atoms with van der Waals surface area (Å²) in [5.41, 5.74) is 0.987. The average molecular weight is 530 g/mol. The van der Waals surface area contributed by atoms with Gasteiger partial charge >= 0.3 is 7.12 Å². The molecule has 0 aliphatic heterocycles. The van der Waals surface area contributed by atoms with Gasteiger partial charge in [-0.15, -0.1) is 0 Å². The maximum Gasteiger partial charge on any atom is 0.475 e. The van der Waals surface area contributed by atoms with E-state index < -0.39 is 30.9 Å². The quantitative estimate of drug-likeness (QED) is 0.294. The molecular weight excluding hydrogens is 506 g/mol. The molecule has 0 unspecified atom stereocenters. The van der Waals surface area contributed by atoms with Crippen LogP contribution in [0.1, 0.15) is 36.2 Å². The summed E-state index contributed by atoms with van der Waals surface area (Å²) in [5.74, 6) is -1.82. The van der Waals surface area contributed by atoms with Crippen LogP contribution in [0.5, 0.6) is 0 Å². The highest BCUT2D eigenvalue weighted by Crippen LogP contribution is 2.29. The topological polar surface area (TPSA) is 98.7 Å². The van der Waals surface area contributed by atoms with Crippen molar-refractivity contribution < 1.29 is 19.6 Å². The van der Waals surface area contributed by atoms with Gasteiger partial charge in [0.05, 0.1) is 21.5 Å². The third kappa shape index (κ3) is 7.81. The monoisotopic (exact) mass is 528 g/mol. The Morgan fingerprint density at radius 2 is 1.71 bits per heavy atom. The summed E-state index contributed by atoms with van der Waals surface area (Å²) in [6.07, 6.45) is 0.575. The van der Waals surface area contributed by atoms with E-state index in [1.165, 1.54) is 12.1 Å². The van der Waals surface area contributed by atoms with Crippen LogP contribution in [0, 0.1) is 5.92 Å². The largest absolute Gasteiger partial charge is 0.475 e. The zero-order valence-corrected chi connectivity index (χ0v) is 20.2. The predicted octanol–water partition coefficient (Wildman–Crippen LogP) is 3.64. The first-order valence-corrected chi connectivity index (χ1v) is 11.3. The van der Waals surface area contributed by atoms with Crippen LogP contribution < -0.4 is 10.6 Å². The van der Waals surface area contributed by atoms with Gasteiger partial charge in [-0.1, -0.05) is 67.4 Å². The summed E-state index contributed by atoms with van der Waals surface area (Å²) < 4.78 is 0.494. The number of hydrogen-bond donors (Lipinski definition) is 4. The molecule has 0 heterocycles. The van der Waals surface area contributed by atoms with Gasteiger partial charge < -0.3 is 20.7 Å². The Kier molecular flexibility index (Phi) is 9.84. The van der Waals surface area contributed by atoms with E-state index in [-0.39, 0.29) is 22.9 Å². The number of rotatable bonds is 9. The predicted molar refractivity (Wildman–Crippen MR) is 127 cm³/mol. The van der Waals surface area contributed by atoms with Crippen molar-refractivity contribution in [2.24, 2.45) is 5.92 Å². The molecule has 0 aliphatic rings. The molecule has 0 saturated carbocycles. The first-order valence-electron chi connectivity index (χ1n) is 9.74. The molecule has 0 saturated heterocycles. The van der Waals surface area contributed by atoms with Gasteiger partial charge in [0.1, 0.15) is 6.04 Å². The van der Waals surface area contributed by atoms with E-state index in [9.17, 15) is 19.6 Å². The summed E-state index contributed by atoms with van der Waals surface area (Å²) in [4.78, 5) is 25.9. The fourth-order valence-corrected chi connectivity index (χ4v) is 3.85. The van der Waals surface area contributed by atoms with Crippen molar-refractivity contribution in [3.05, 3.63) is 68.1 Å². The van der Waals surface area contributed by atoms with Gasteiger partial charge in [-0.05, 0) is 46.0 Å². The van der Waals surface area contributed by atoms with Gasteiger partial charge in [0, 0.05) is 10.9 Å². The Morgan fingerprint density at radius 1 is 1.06 bits per heavy atom. The molecule has 0 radical (unpaired) electrons. The minimum absolute atomic E-state index is 0.125. The molecule has 0 spiro atoms. The molecule has 0 aliphatic carbocycles. The van der Waals surface area contributed by atoms with E-state index >= 15 is 0 Å². The van der Waals surface area contributed by atoms with Crippen molar-refractivity contribution in [1.82, 2.24) is 10.6 Å². The van der Waals surface area contributed by atoms with Gasteiger partial charge in [0.15, 0.2) is 0 Å². The normalized spacial score (nSPS) is 12.9. The maximum absolute atomic E-state index is 13.0. The van der Waals surface area contributed by atoms with Crippen LogP contribution in [0.25, 0.3) is 0 Å². The van der Waals surface area contributed by atoms with Gasteiger partial charge in [-0.3, -0.25) is 9.59 Å². The fourth-order valence-electron chi connectivity index (χ4n) is 3.04. The lowest BCUT2D eigenvalue weighted by atomic mass is 9.75. The van der Waals surface area contributed by atoms with E-state index in [0.717, 1.165) is 5.56 Å². The second-order valence-corrected chi connectivity index (χ2v) is 9.29. The first-order chi connectivity index (χ1) is 14.6. The highest BCUT2D eigenvalue weighted by molar-refractivity contribution is 9.10. The standard InChI is InChI=1S/C21H24BBrCl2N2O4/c1-12(2)8-19(22(30)31)27-21(29)18(9-13-6-4-3-5-7-13)26-20(28)14-10-15(23)17(25)11-16(14)24/h3-7,10-12,18-19,30-31H,8-9H2,1-2H3,(H,26,28)(H,27,29)/t18-,19-/m0/s1. The van der Waals surface area contributed by atoms with Crippen molar-refractivity contribution >= 4 is 58.1 Å². The zero-order chi connectivity index (χ0) is 23.1. The maximum atomic E-state index is 13.0. The smallest absolute Gasteiger partial charge is 0.426 e. The van der Waals surface area contributed by atoms with E-state index in [1.54, 1.807) is 0 Å². The number of halogens is 3. The average Bonchev–Trinajstić information content (AvgIpc) is 2.69. The second kappa shape index (κ2) is 11.9.